The molecule has 2 heterocycles. The molecule has 1 amide bonds. The first-order valence-corrected chi connectivity index (χ1v) is 7.75. The van der Waals surface area contributed by atoms with Gasteiger partial charge in [-0.3, -0.25) is 0 Å². The highest BCUT2D eigenvalue weighted by Crippen LogP contribution is 2.23. The molecule has 2 aliphatic rings. The zero-order valence-electron chi connectivity index (χ0n) is 13.0. The van der Waals surface area contributed by atoms with Crippen molar-refractivity contribution >= 4 is 6.09 Å². The first kappa shape index (κ1) is 15.6. The fourth-order valence-corrected chi connectivity index (χ4v) is 2.84. The van der Waals surface area contributed by atoms with Gasteiger partial charge in [0.05, 0.1) is 6.61 Å². The van der Waals surface area contributed by atoms with Crippen LogP contribution in [0.3, 0.4) is 0 Å². The highest BCUT2D eigenvalue weighted by Gasteiger charge is 2.30. The lowest BCUT2D eigenvalue weighted by atomic mass is 9.90. The molecule has 0 aromatic heterocycles. The average molecular weight is 284 g/mol. The Hall–Kier alpha value is -0.810. The van der Waals surface area contributed by atoms with E-state index in [0.29, 0.717) is 12.0 Å². The maximum absolute atomic E-state index is 12.0. The van der Waals surface area contributed by atoms with Gasteiger partial charge in [0, 0.05) is 25.7 Å². The van der Waals surface area contributed by atoms with Crippen LogP contribution in [0, 0.1) is 5.92 Å². The minimum atomic E-state index is -0.412. The molecule has 0 spiro atoms. The molecule has 0 aromatic carbocycles. The van der Waals surface area contributed by atoms with Gasteiger partial charge in [-0.15, -0.1) is 0 Å². The fraction of sp³-hybridized carbons (Fsp3) is 0.933. The molecule has 116 valence electrons. The molecule has 1 atom stereocenters. The summed E-state index contributed by atoms with van der Waals surface area (Å²) in [5.41, 5.74) is -0.412. The summed E-state index contributed by atoms with van der Waals surface area (Å²) in [5.74, 6) is 0.604. The van der Waals surface area contributed by atoms with Crippen molar-refractivity contribution in [2.45, 2.75) is 51.7 Å². The normalized spacial score (nSPS) is 26.1. The van der Waals surface area contributed by atoms with Gasteiger partial charge in [0.15, 0.2) is 0 Å². The van der Waals surface area contributed by atoms with Gasteiger partial charge in [-0.25, -0.2) is 4.79 Å². The molecule has 0 saturated carbocycles. The molecular formula is C15H28N2O3. The van der Waals surface area contributed by atoms with Crippen LogP contribution < -0.4 is 5.32 Å². The van der Waals surface area contributed by atoms with Crippen LogP contribution >= 0.6 is 0 Å². The van der Waals surface area contributed by atoms with Crippen molar-refractivity contribution < 1.29 is 14.3 Å². The Morgan fingerprint density at radius 3 is 2.65 bits per heavy atom. The molecule has 5 nitrogen and oxygen atoms in total. The van der Waals surface area contributed by atoms with Gasteiger partial charge in [0.2, 0.25) is 0 Å². The number of hydrogen-bond donors (Lipinski definition) is 1. The summed E-state index contributed by atoms with van der Waals surface area (Å²) in [6.45, 7) is 10.0. The van der Waals surface area contributed by atoms with Crippen LogP contribution in [0.15, 0.2) is 0 Å². The number of nitrogens with zero attached hydrogens (tertiary/aromatic N) is 1. The minimum absolute atomic E-state index is 0.180. The molecule has 5 heteroatoms. The van der Waals surface area contributed by atoms with Gasteiger partial charge in [0.25, 0.3) is 0 Å². The standard InChI is InChI=1S/C15H28N2O3/c1-15(2,3)20-14(18)17-8-5-12(6-9-17)13-11-19-10-4-7-16-13/h12-13,16H,4-11H2,1-3H3. The SMILES string of the molecule is CC(C)(C)OC(=O)N1CCC(C2COCCCN2)CC1. The summed E-state index contributed by atoms with van der Waals surface area (Å²) in [7, 11) is 0. The predicted octanol–water partition coefficient (Wildman–Crippen LogP) is 2.01. The Morgan fingerprint density at radius 2 is 2.00 bits per heavy atom. The second kappa shape index (κ2) is 6.76. The Labute approximate surface area is 122 Å². The molecule has 0 aromatic rings. The lowest BCUT2D eigenvalue weighted by Gasteiger charge is -2.36. The summed E-state index contributed by atoms with van der Waals surface area (Å²) in [4.78, 5) is 13.8. The topological polar surface area (TPSA) is 50.8 Å². The van der Waals surface area contributed by atoms with E-state index in [1.165, 1.54) is 0 Å². The Bertz CT molecular complexity index is 312. The van der Waals surface area contributed by atoms with E-state index in [2.05, 4.69) is 5.32 Å². The van der Waals surface area contributed by atoms with Gasteiger partial charge in [-0.2, -0.15) is 0 Å². The smallest absolute Gasteiger partial charge is 0.410 e. The van der Waals surface area contributed by atoms with Gasteiger partial charge in [0.1, 0.15) is 5.60 Å². The van der Waals surface area contributed by atoms with Crippen LogP contribution in [0.25, 0.3) is 0 Å². The van der Waals surface area contributed by atoms with Crippen LogP contribution in [0.5, 0.6) is 0 Å². The van der Waals surface area contributed by atoms with E-state index in [1.54, 1.807) is 0 Å². The highest BCUT2D eigenvalue weighted by atomic mass is 16.6. The third kappa shape index (κ3) is 4.63. The quantitative estimate of drug-likeness (QED) is 0.800. The molecule has 2 fully saturated rings. The van der Waals surface area contributed by atoms with E-state index in [-0.39, 0.29) is 6.09 Å². The van der Waals surface area contributed by atoms with Crippen LogP contribution in [0.1, 0.15) is 40.0 Å². The fourth-order valence-electron chi connectivity index (χ4n) is 2.84. The summed E-state index contributed by atoms with van der Waals surface area (Å²) >= 11 is 0. The second-order valence-electron chi connectivity index (χ2n) is 6.79. The Balaban J connectivity index is 1.78. The summed E-state index contributed by atoms with van der Waals surface area (Å²) < 4.78 is 11.1. The van der Waals surface area contributed by atoms with Crippen molar-refractivity contribution in [3.8, 4) is 0 Å². The number of ether oxygens (including phenoxy) is 2. The highest BCUT2D eigenvalue weighted by molar-refractivity contribution is 5.68. The summed E-state index contributed by atoms with van der Waals surface area (Å²) in [5, 5.41) is 3.57. The lowest BCUT2D eigenvalue weighted by Crippen LogP contribution is -2.47. The number of carbonyl (C=O) groups is 1. The predicted molar refractivity (Wildman–Crippen MR) is 77.8 cm³/mol. The average Bonchev–Trinajstić information content (AvgIpc) is 2.66. The largest absolute Gasteiger partial charge is 0.444 e. The number of likely N-dealkylation sites (tertiary alicyclic amines) is 1. The van der Waals surface area contributed by atoms with Crippen molar-refractivity contribution in [2.75, 3.05) is 32.8 Å². The van der Waals surface area contributed by atoms with Gasteiger partial charge < -0.3 is 19.7 Å². The number of carbonyl (C=O) groups excluding carboxylic acids is 1. The van der Waals surface area contributed by atoms with Crippen molar-refractivity contribution in [1.29, 1.82) is 0 Å². The molecule has 1 unspecified atom stereocenters. The van der Waals surface area contributed by atoms with E-state index in [4.69, 9.17) is 9.47 Å². The first-order valence-electron chi connectivity index (χ1n) is 7.75. The number of amides is 1. The number of rotatable bonds is 1. The summed E-state index contributed by atoms with van der Waals surface area (Å²) in [6.07, 6.45) is 2.97. The molecule has 0 radical (unpaired) electrons. The van der Waals surface area contributed by atoms with Crippen molar-refractivity contribution in [2.24, 2.45) is 5.92 Å². The monoisotopic (exact) mass is 284 g/mol. The number of nitrogens with one attached hydrogen (secondary N) is 1. The third-order valence-electron chi connectivity index (χ3n) is 3.93. The van der Waals surface area contributed by atoms with Crippen molar-refractivity contribution in [3.05, 3.63) is 0 Å². The van der Waals surface area contributed by atoms with Gasteiger partial charge >= 0.3 is 6.09 Å². The van der Waals surface area contributed by atoms with Crippen LogP contribution in [0.2, 0.25) is 0 Å². The Morgan fingerprint density at radius 1 is 1.30 bits per heavy atom. The minimum Gasteiger partial charge on any atom is -0.444 e. The van der Waals surface area contributed by atoms with Crippen LogP contribution in [0.4, 0.5) is 4.79 Å². The molecule has 2 rings (SSSR count). The van der Waals surface area contributed by atoms with E-state index < -0.39 is 5.60 Å². The molecule has 0 bridgehead atoms. The van der Waals surface area contributed by atoms with Gasteiger partial charge in [-0.05, 0) is 52.5 Å². The third-order valence-corrected chi connectivity index (χ3v) is 3.93. The maximum Gasteiger partial charge on any atom is 0.410 e. The van der Waals surface area contributed by atoms with E-state index >= 15 is 0 Å². The van der Waals surface area contributed by atoms with Gasteiger partial charge in [-0.1, -0.05) is 0 Å². The Kier molecular flexibility index (Phi) is 5.27. The number of hydrogen-bond acceptors (Lipinski definition) is 4. The first-order chi connectivity index (χ1) is 9.46. The molecule has 2 aliphatic heterocycles. The molecule has 20 heavy (non-hydrogen) atoms. The molecule has 0 aliphatic carbocycles. The molecule has 2 saturated heterocycles. The van der Waals surface area contributed by atoms with E-state index in [9.17, 15) is 4.79 Å². The lowest BCUT2D eigenvalue weighted by molar-refractivity contribution is 0.0150. The molecular weight excluding hydrogens is 256 g/mol. The maximum atomic E-state index is 12.0. The van der Waals surface area contributed by atoms with Crippen LogP contribution in [-0.4, -0.2) is 55.5 Å². The molecule has 1 N–H and O–H groups in total. The zero-order chi connectivity index (χ0) is 14.6. The van der Waals surface area contributed by atoms with Crippen molar-refractivity contribution in [1.82, 2.24) is 10.2 Å². The van der Waals surface area contributed by atoms with E-state index in [0.717, 1.165) is 52.1 Å². The summed E-state index contributed by atoms with van der Waals surface area (Å²) in [6, 6.07) is 0.443. The number of piperidine rings is 1. The second-order valence-corrected chi connectivity index (χ2v) is 6.79. The zero-order valence-corrected chi connectivity index (χ0v) is 13.0. The van der Waals surface area contributed by atoms with E-state index in [1.807, 2.05) is 25.7 Å². The van der Waals surface area contributed by atoms with Crippen molar-refractivity contribution in [3.63, 3.8) is 0 Å². The van der Waals surface area contributed by atoms with Crippen LogP contribution in [-0.2, 0) is 9.47 Å².